The molecule has 2 rings (SSSR count). The number of anilines is 2. The van der Waals surface area contributed by atoms with Crippen molar-refractivity contribution in [1.82, 2.24) is 4.90 Å². The first-order chi connectivity index (χ1) is 6.63. The van der Waals surface area contributed by atoms with Crippen LogP contribution in [0.3, 0.4) is 0 Å². The van der Waals surface area contributed by atoms with E-state index in [-0.39, 0.29) is 5.91 Å². The Bertz CT molecular complexity index is 401. The van der Waals surface area contributed by atoms with E-state index in [1.165, 1.54) is 0 Å². The van der Waals surface area contributed by atoms with Crippen molar-refractivity contribution in [1.29, 1.82) is 0 Å². The Morgan fingerprint density at radius 2 is 2.14 bits per heavy atom. The molecule has 0 aromatic heterocycles. The van der Waals surface area contributed by atoms with Crippen molar-refractivity contribution in [3.8, 4) is 0 Å². The second-order valence-electron chi connectivity index (χ2n) is 3.46. The van der Waals surface area contributed by atoms with Crippen LogP contribution in [0, 0.1) is 0 Å². The van der Waals surface area contributed by atoms with Gasteiger partial charge in [-0.1, -0.05) is 0 Å². The van der Waals surface area contributed by atoms with Gasteiger partial charge in [0.25, 0.3) is 5.91 Å². The molecule has 4 nitrogen and oxygen atoms in total. The zero-order chi connectivity index (χ0) is 10.3. The predicted octanol–water partition coefficient (Wildman–Crippen LogP) is 0.827. The molecule has 0 saturated heterocycles. The molecule has 1 aromatic rings. The molecule has 1 heterocycles. The molecule has 0 saturated carbocycles. The molecule has 4 heteroatoms. The van der Waals surface area contributed by atoms with Gasteiger partial charge in [-0.2, -0.15) is 0 Å². The number of nitrogens with two attached hydrogens (primary N) is 2. The van der Waals surface area contributed by atoms with Crippen LogP contribution in [0.4, 0.5) is 11.4 Å². The van der Waals surface area contributed by atoms with E-state index in [0.717, 1.165) is 5.56 Å². The van der Waals surface area contributed by atoms with E-state index in [9.17, 15) is 4.79 Å². The van der Waals surface area contributed by atoms with Crippen LogP contribution in [0.5, 0.6) is 0 Å². The Morgan fingerprint density at radius 1 is 1.43 bits per heavy atom. The topological polar surface area (TPSA) is 72.3 Å². The highest BCUT2D eigenvalue weighted by Crippen LogP contribution is 2.29. The molecule has 0 atom stereocenters. The van der Waals surface area contributed by atoms with E-state index in [0.29, 0.717) is 30.0 Å². The lowest BCUT2D eigenvalue weighted by molar-refractivity contribution is 0.0787. The van der Waals surface area contributed by atoms with Gasteiger partial charge in [-0.05, 0) is 19.1 Å². The number of hydrogen-bond acceptors (Lipinski definition) is 3. The van der Waals surface area contributed by atoms with E-state index in [4.69, 9.17) is 11.5 Å². The van der Waals surface area contributed by atoms with Gasteiger partial charge < -0.3 is 16.4 Å². The minimum atomic E-state index is 0.0292. The minimum Gasteiger partial charge on any atom is -0.399 e. The number of carbonyl (C=O) groups excluding carboxylic acids is 1. The van der Waals surface area contributed by atoms with E-state index in [1.807, 2.05) is 6.92 Å². The standard InChI is InChI=1S/C10H13N3O/c1-2-13-5-8-7(10(13)14)3-6(11)4-9(8)12/h3-4H,2,5,11-12H2,1H3. The third-order valence-electron chi connectivity index (χ3n) is 2.56. The molecule has 0 aliphatic carbocycles. The van der Waals surface area contributed by atoms with Gasteiger partial charge in [0.2, 0.25) is 0 Å². The van der Waals surface area contributed by atoms with Crippen LogP contribution in [0.2, 0.25) is 0 Å². The third kappa shape index (κ3) is 1.11. The second-order valence-corrected chi connectivity index (χ2v) is 3.46. The SMILES string of the molecule is CCN1Cc2c(N)cc(N)cc2C1=O. The number of nitrogen functional groups attached to an aromatic ring is 2. The van der Waals surface area contributed by atoms with Crippen LogP contribution in [0.15, 0.2) is 12.1 Å². The monoisotopic (exact) mass is 191 g/mol. The molecular weight excluding hydrogens is 178 g/mol. The van der Waals surface area contributed by atoms with Crippen LogP contribution < -0.4 is 11.5 Å². The van der Waals surface area contributed by atoms with Gasteiger partial charge in [-0.15, -0.1) is 0 Å². The smallest absolute Gasteiger partial charge is 0.254 e. The summed E-state index contributed by atoms with van der Waals surface area (Å²) in [6, 6.07) is 3.40. The van der Waals surface area contributed by atoms with E-state index in [2.05, 4.69) is 0 Å². The van der Waals surface area contributed by atoms with E-state index in [1.54, 1.807) is 17.0 Å². The Labute approximate surface area is 82.5 Å². The number of nitrogens with zero attached hydrogens (tertiary/aromatic N) is 1. The van der Waals surface area contributed by atoms with Gasteiger partial charge in [0.15, 0.2) is 0 Å². The van der Waals surface area contributed by atoms with Gasteiger partial charge >= 0.3 is 0 Å². The fraction of sp³-hybridized carbons (Fsp3) is 0.300. The highest BCUT2D eigenvalue weighted by Gasteiger charge is 2.27. The number of carbonyl (C=O) groups is 1. The summed E-state index contributed by atoms with van der Waals surface area (Å²) in [5, 5.41) is 0. The summed E-state index contributed by atoms with van der Waals surface area (Å²) in [7, 11) is 0. The molecule has 0 bridgehead atoms. The van der Waals surface area contributed by atoms with Crippen LogP contribution >= 0.6 is 0 Å². The Morgan fingerprint density at radius 3 is 2.79 bits per heavy atom. The summed E-state index contributed by atoms with van der Waals surface area (Å²) in [5.74, 6) is 0.0292. The van der Waals surface area contributed by atoms with Gasteiger partial charge in [0, 0.05) is 35.6 Å². The maximum Gasteiger partial charge on any atom is 0.254 e. The number of fused-ring (bicyclic) bond motifs is 1. The number of rotatable bonds is 1. The zero-order valence-electron chi connectivity index (χ0n) is 8.08. The minimum absolute atomic E-state index is 0.0292. The van der Waals surface area contributed by atoms with Crippen molar-refractivity contribution in [3.05, 3.63) is 23.3 Å². The van der Waals surface area contributed by atoms with Gasteiger partial charge in [-0.3, -0.25) is 4.79 Å². The first-order valence-electron chi connectivity index (χ1n) is 4.60. The summed E-state index contributed by atoms with van der Waals surface area (Å²) in [6.07, 6.45) is 0. The fourth-order valence-corrected chi connectivity index (χ4v) is 1.77. The Balaban J connectivity index is 2.53. The van der Waals surface area contributed by atoms with Crippen LogP contribution in [0.1, 0.15) is 22.8 Å². The average molecular weight is 191 g/mol. The molecule has 0 fully saturated rings. The van der Waals surface area contributed by atoms with Crippen molar-refractivity contribution >= 4 is 17.3 Å². The number of hydrogen-bond donors (Lipinski definition) is 2. The van der Waals surface area contributed by atoms with Gasteiger partial charge in [-0.25, -0.2) is 0 Å². The molecule has 1 amide bonds. The summed E-state index contributed by atoms with van der Waals surface area (Å²) >= 11 is 0. The molecule has 14 heavy (non-hydrogen) atoms. The maximum atomic E-state index is 11.7. The maximum absolute atomic E-state index is 11.7. The van der Waals surface area contributed by atoms with Crippen LogP contribution in [-0.2, 0) is 6.54 Å². The largest absolute Gasteiger partial charge is 0.399 e. The normalized spacial score (nSPS) is 14.6. The lowest BCUT2D eigenvalue weighted by Gasteiger charge is -2.11. The molecule has 1 aliphatic heterocycles. The lowest BCUT2D eigenvalue weighted by atomic mass is 10.1. The van der Waals surface area contributed by atoms with Crippen molar-refractivity contribution in [2.45, 2.75) is 13.5 Å². The molecule has 4 N–H and O–H groups in total. The number of amides is 1. The molecule has 1 aliphatic rings. The van der Waals surface area contributed by atoms with E-state index >= 15 is 0 Å². The Hall–Kier alpha value is -1.71. The molecular formula is C10H13N3O. The van der Waals surface area contributed by atoms with Crippen molar-refractivity contribution < 1.29 is 4.79 Å². The van der Waals surface area contributed by atoms with Crippen molar-refractivity contribution in [2.24, 2.45) is 0 Å². The van der Waals surface area contributed by atoms with Crippen LogP contribution in [-0.4, -0.2) is 17.4 Å². The van der Waals surface area contributed by atoms with Crippen molar-refractivity contribution in [3.63, 3.8) is 0 Å². The quantitative estimate of drug-likeness (QED) is 0.646. The Kier molecular flexibility index (Phi) is 1.84. The van der Waals surface area contributed by atoms with Crippen molar-refractivity contribution in [2.75, 3.05) is 18.0 Å². The summed E-state index contributed by atoms with van der Waals surface area (Å²) in [5.41, 5.74) is 14.2. The summed E-state index contributed by atoms with van der Waals surface area (Å²) in [4.78, 5) is 13.5. The predicted molar refractivity (Wildman–Crippen MR) is 55.7 cm³/mol. The van der Waals surface area contributed by atoms with Gasteiger partial charge in [0.1, 0.15) is 0 Å². The lowest BCUT2D eigenvalue weighted by Crippen LogP contribution is -2.22. The molecule has 0 radical (unpaired) electrons. The third-order valence-corrected chi connectivity index (χ3v) is 2.56. The fourth-order valence-electron chi connectivity index (χ4n) is 1.77. The van der Waals surface area contributed by atoms with E-state index < -0.39 is 0 Å². The average Bonchev–Trinajstić information content (AvgIpc) is 2.44. The highest BCUT2D eigenvalue weighted by molar-refractivity contribution is 6.00. The highest BCUT2D eigenvalue weighted by atomic mass is 16.2. The molecule has 0 spiro atoms. The summed E-state index contributed by atoms with van der Waals surface area (Å²) in [6.45, 7) is 3.26. The first kappa shape index (κ1) is 8.87. The number of benzene rings is 1. The van der Waals surface area contributed by atoms with Gasteiger partial charge in [0.05, 0.1) is 0 Å². The molecule has 1 aromatic carbocycles. The second kappa shape index (κ2) is 2.90. The zero-order valence-corrected chi connectivity index (χ0v) is 8.08. The molecule has 74 valence electrons. The summed E-state index contributed by atoms with van der Waals surface area (Å²) < 4.78 is 0. The molecule has 0 unspecified atom stereocenters. The van der Waals surface area contributed by atoms with Crippen LogP contribution in [0.25, 0.3) is 0 Å². The first-order valence-corrected chi connectivity index (χ1v) is 4.60.